The van der Waals surface area contributed by atoms with Crippen molar-refractivity contribution in [3.63, 3.8) is 0 Å². The van der Waals surface area contributed by atoms with E-state index < -0.39 is 19.0 Å². The van der Waals surface area contributed by atoms with E-state index in [4.69, 9.17) is 4.74 Å². The van der Waals surface area contributed by atoms with Gasteiger partial charge in [-0.05, 0) is 25.8 Å². The van der Waals surface area contributed by atoms with E-state index in [-0.39, 0.29) is 12.1 Å². The monoisotopic (exact) mass is 243 g/mol. The molecule has 0 aromatic carbocycles. The van der Waals surface area contributed by atoms with Crippen molar-refractivity contribution in [3.05, 3.63) is 0 Å². The summed E-state index contributed by atoms with van der Waals surface area (Å²) in [4.78, 5) is 0. The summed E-state index contributed by atoms with van der Waals surface area (Å²) < 4.78 is 53.9. The molecule has 0 radical (unpaired) electrons. The minimum Gasteiger partial charge on any atom is -0.370 e. The first-order valence-electron chi connectivity index (χ1n) is 5.48. The normalized spacial score (nSPS) is 26.6. The van der Waals surface area contributed by atoms with E-state index >= 15 is 0 Å². The van der Waals surface area contributed by atoms with Crippen molar-refractivity contribution >= 4 is 0 Å². The van der Waals surface area contributed by atoms with Gasteiger partial charge in [0.25, 0.3) is 0 Å². The fourth-order valence-corrected chi connectivity index (χ4v) is 1.90. The molecule has 1 aliphatic rings. The standard InChI is InChI=1S/C10H17F4NO/c1-2-15-7-4-3-5-8(7)16-6-10(13,14)9(11)12/h7-9,15H,2-6H2,1H3. The molecule has 2 nitrogen and oxygen atoms in total. The molecule has 0 heterocycles. The number of likely N-dealkylation sites (N-methyl/N-ethyl adjacent to an activating group) is 1. The zero-order chi connectivity index (χ0) is 12.2. The minimum atomic E-state index is -4.04. The first-order chi connectivity index (χ1) is 7.47. The van der Waals surface area contributed by atoms with Gasteiger partial charge in [-0.2, -0.15) is 8.78 Å². The Hall–Kier alpha value is -0.360. The first-order valence-corrected chi connectivity index (χ1v) is 5.48. The average Bonchev–Trinajstić information content (AvgIpc) is 2.63. The van der Waals surface area contributed by atoms with Crippen LogP contribution < -0.4 is 5.32 Å². The van der Waals surface area contributed by atoms with Crippen molar-refractivity contribution < 1.29 is 22.3 Å². The van der Waals surface area contributed by atoms with Gasteiger partial charge >= 0.3 is 12.3 Å². The number of alkyl halides is 4. The predicted molar refractivity (Wildman–Crippen MR) is 52.0 cm³/mol. The van der Waals surface area contributed by atoms with Crippen LogP contribution in [0.25, 0.3) is 0 Å². The number of halogens is 4. The molecule has 1 saturated carbocycles. The maximum absolute atomic E-state index is 12.6. The summed E-state index contributed by atoms with van der Waals surface area (Å²) in [5, 5.41) is 3.10. The lowest BCUT2D eigenvalue weighted by atomic mass is 10.2. The highest BCUT2D eigenvalue weighted by Crippen LogP contribution is 2.27. The number of hydrogen-bond acceptors (Lipinski definition) is 2. The van der Waals surface area contributed by atoms with Crippen LogP contribution in [-0.4, -0.2) is 37.6 Å². The second-order valence-corrected chi connectivity index (χ2v) is 4.01. The maximum Gasteiger partial charge on any atom is 0.330 e. The number of ether oxygens (including phenoxy) is 1. The molecule has 96 valence electrons. The molecular formula is C10H17F4NO. The van der Waals surface area contributed by atoms with E-state index in [9.17, 15) is 17.6 Å². The Morgan fingerprint density at radius 2 is 2.06 bits per heavy atom. The van der Waals surface area contributed by atoms with Crippen LogP contribution in [0.2, 0.25) is 0 Å². The SMILES string of the molecule is CCNC1CCCC1OCC(F)(F)C(F)F. The first kappa shape index (κ1) is 13.7. The molecule has 0 amide bonds. The van der Waals surface area contributed by atoms with Crippen LogP contribution in [0.15, 0.2) is 0 Å². The third-order valence-corrected chi connectivity index (χ3v) is 2.73. The molecule has 1 fully saturated rings. The van der Waals surface area contributed by atoms with Crippen LogP contribution in [0.4, 0.5) is 17.6 Å². The van der Waals surface area contributed by atoms with Gasteiger partial charge in [0.1, 0.15) is 6.61 Å². The van der Waals surface area contributed by atoms with Gasteiger partial charge in [0, 0.05) is 6.04 Å². The summed E-state index contributed by atoms with van der Waals surface area (Å²) in [6.07, 6.45) is -1.66. The molecule has 0 bridgehead atoms. The van der Waals surface area contributed by atoms with Crippen LogP contribution >= 0.6 is 0 Å². The third kappa shape index (κ3) is 3.59. The van der Waals surface area contributed by atoms with Gasteiger partial charge in [-0.3, -0.25) is 0 Å². The van der Waals surface area contributed by atoms with Gasteiger partial charge in [0.2, 0.25) is 0 Å². The molecule has 0 saturated heterocycles. The summed E-state index contributed by atoms with van der Waals surface area (Å²) in [5.41, 5.74) is 0. The smallest absolute Gasteiger partial charge is 0.330 e. The van der Waals surface area contributed by atoms with Gasteiger partial charge in [-0.15, -0.1) is 0 Å². The molecule has 0 aromatic heterocycles. The second-order valence-electron chi connectivity index (χ2n) is 4.01. The van der Waals surface area contributed by atoms with Crippen molar-refractivity contribution in [2.45, 2.75) is 50.7 Å². The van der Waals surface area contributed by atoms with E-state index in [1.165, 1.54) is 0 Å². The number of hydrogen-bond donors (Lipinski definition) is 1. The lowest BCUT2D eigenvalue weighted by molar-refractivity contribution is -0.177. The molecule has 6 heteroatoms. The summed E-state index contributed by atoms with van der Waals surface area (Å²) in [6, 6.07) is 0.0125. The van der Waals surface area contributed by atoms with Crippen LogP contribution in [0.1, 0.15) is 26.2 Å². The average molecular weight is 243 g/mol. The fraction of sp³-hybridized carbons (Fsp3) is 1.00. The molecule has 2 unspecified atom stereocenters. The van der Waals surface area contributed by atoms with E-state index in [1.807, 2.05) is 6.92 Å². The van der Waals surface area contributed by atoms with Crippen molar-refractivity contribution in [2.24, 2.45) is 0 Å². The Morgan fingerprint density at radius 3 is 2.62 bits per heavy atom. The van der Waals surface area contributed by atoms with Crippen molar-refractivity contribution in [1.29, 1.82) is 0 Å². The van der Waals surface area contributed by atoms with E-state index in [2.05, 4.69) is 5.32 Å². The molecule has 2 atom stereocenters. The summed E-state index contributed by atoms with van der Waals surface area (Å²) >= 11 is 0. The lowest BCUT2D eigenvalue weighted by Crippen LogP contribution is -2.41. The van der Waals surface area contributed by atoms with Crippen molar-refractivity contribution in [1.82, 2.24) is 5.32 Å². The van der Waals surface area contributed by atoms with E-state index in [0.717, 1.165) is 19.4 Å². The second kappa shape index (κ2) is 5.82. The lowest BCUT2D eigenvalue weighted by Gasteiger charge is -2.23. The van der Waals surface area contributed by atoms with E-state index in [1.54, 1.807) is 0 Å². The molecule has 1 N–H and O–H groups in total. The molecular weight excluding hydrogens is 226 g/mol. The number of nitrogens with one attached hydrogen (secondary N) is 1. The molecule has 1 aliphatic carbocycles. The Bertz CT molecular complexity index is 213. The molecule has 1 rings (SSSR count). The Kier molecular flexibility index (Phi) is 4.98. The largest absolute Gasteiger partial charge is 0.370 e. The van der Waals surface area contributed by atoms with Gasteiger partial charge in [-0.1, -0.05) is 6.92 Å². The van der Waals surface area contributed by atoms with Crippen LogP contribution in [0.3, 0.4) is 0 Å². The third-order valence-electron chi connectivity index (χ3n) is 2.73. The van der Waals surface area contributed by atoms with Gasteiger partial charge in [0.05, 0.1) is 6.10 Å². The highest BCUT2D eigenvalue weighted by Gasteiger charge is 2.42. The Balaban J connectivity index is 2.36. The zero-order valence-electron chi connectivity index (χ0n) is 9.19. The highest BCUT2D eigenvalue weighted by molar-refractivity contribution is 4.84. The summed E-state index contributed by atoms with van der Waals surface area (Å²) in [5.74, 6) is -4.04. The number of rotatable bonds is 6. The molecule has 0 aromatic rings. The summed E-state index contributed by atoms with van der Waals surface area (Å²) in [7, 11) is 0. The van der Waals surface area contributed by atoms with Crippen molar-refractivity contribution in [3.8, 4) is 0 Å². The molecule has 16 heavy (non-hydrogen) atoms. The quantitative estimate of drug-likeness (QED) is 0.723. The predicted octanol–water partition coefficient (Wildman–Crippen LogP) is 2.43. The topological polar surface area (TPSA) is 21.3 Å². The summed E-state index contributed by atoms with van der Waals surface area (Å²) in [6.45, 7) is 1.43. The van der Waals surface area contributed by atoms with E-state index in [0.29, 0.717) is 6.42 Å². The highest BCUT2D eigenvalue weighted by atomic mass is 19.3. The molecule has 0 aliphatic heterocycles. The zero-order valence-corrected chi connectivity index (χ0v) is 9.19. The van der Waals surface area contributed by atoms with Crippen LogP contribution in [0.5, 0.6) is 0 Å². The minimum absolute atomic E-state index is 0.0125. The van der Waals surface area contributed by atoms with Crippen LogP contribution in [-0.2, 0) is 4.74 Å². The Morgan fingerprint density at radius 1 is 1.38 bits per heavy atom. The van der Waals surface area contributed by atoms with Gasteiger partial charge < -0.3 is 10.1 Å². The maximum atomic E-state index is 12.6. The van der Waals surface area contributed by atoms with Gasteiger partial charge in [0.15, 0.2) is 0 Å². The van der Waals surface area contributed by atoms with Gasteiger partial charge in [-0.25, -0.2) is 8.78 Å². The molecule has 0 spiro atoms. The van der Waals surface area contributed by atoms with Crippen molar-refractivity contribution in [2.75, 3.05) is 13.2 Å². The fourth-order valence-electron chi connectivity index (χ4n) is 1.90. The van der Waals surface area contributed by atoms with Crippen LogP contribution in [0, 0.1) is 0 Å². The Labute approximate surface area is 92.3 Å².